The molecule has 1 aliphatic heterocycles. The normalized spacial score (nSPS) is 19.1. The molecule has 1 fully saturated rings. The lowest BCUT2D eigenvalue weighted by Crippen LogP contribution is -2.37. The van der Waals surface area contributed by atoms with Crippen LogP contribution in [-0.2, 0) is 16.0 Å². The fourth-order valence-electron chi connectivity index (χ4n) is 3.13. The van der Waals surface area contributed by atoms with E-state index in [2.05, 4.69) is 10.1 Å². The van der Waals surface area contributed by atoms with Crippen molar-refractivity contribution in [1.82, 2.24) is 14.8 Å². The first-order valence-corrected chi connectivity index (χ1v) is 10.5. The van der Waals surface area contributed by atoms with Crippen molar-refractivity contribution in [2.24, 2.45) is 0 Å². The van der Waals surface area contributed by atoms with Crippen LogP contribution in [0.1, 0.15) is 45.3 Å². The molecule has 3 rings (SSSR count). The van der Waals surface area contributed by atoms with Gasteiger partial charge in [-0.05, 0) is 51.8 Å². The third-order valence-corrected chi connectivity index (χ3v) is 7.24. The number of hydrogen-bond acceptors (Lipinski definition) is 5. The number of aromatic nitrogens is 3. The molecule has 1 atom stereocenters. The highest BCUT2D eigenvalue weighted by Gasteiger charge is 2.35. The summed E-state index contributed by atoms with van der Waals surface area (Å²) in [6, 6.07) is 3.96. The van der Waals surface area contributed by atoms with Crippen LogP contribution in [0.4, 0.5) is 18.9 Å². The summed E-state index contributed by atoms with van der Waals surface area (Å²) in [6.45, 7) is 6.05. The maximum Gasteiger partial charge on any atom is 0.435 e. The molecule has 2 aromatic rings. The summed E-state index contributed by atoms with van der Waals surface area (Å²) in [6.07, 6.45) is -0.0926. The minimum atomic E-state index is -4.46. The molecule has 10 heteroatoms. The van der Waals surface area contributed by atoms with Gasteiger partial charge in [-0.1, -0.05) is 0 Å². The molecule has 0 aliphatic carbocycles. The maximum absolute atomic E-state index is 12.8. The van der Waals surface area contributed by atoms with Crippen LogP contribution in [0.3, 0.4) is 0 Å². The van der Waals surface area contributed by atoms with Crippen LogP contribution in [0.25, 0.3) is 0 Å². The van der Waals surface area contributed by atoms with Crippen LogP contribution < -0.4 is 4.90 Å². The molecule has 0 spiro atoms. The Kier molecular flexibility index (Phi) is 5.20. The van der Waals surface area contributed by atoms with E-state index in [1.807, 2.05) is 4.90 Å². The summed E-state index contributed by atoms with van der Waals surface area (Å²) in [4.78, 5) is 6.12. The lowest BCUT2D eigenvalue weighted by molar-refractivity contribution is -0.141. The van der Waals surface area contributed by atoms with Crippen molar-refractivity contribution in [2.45, 2.75) is 55.6 Å². The van der Waals surface area contributed by atoms with E-state index in [-0.39, 0.29) is 11.1 Å². The molecule has 0 aromatic carbocycles. The number of nitrogens with zero attached hydrogens (tertiary/aromatic N) is 4. The van der Waals surface area contributed by atoms with Crippen molar-refractivity contribution in [3.63, 3.8) is 0 Å². The average Bonchev–Trinajstić information content (AvgIpc) is 3.12. The van der Waals surface area contributed by atoms with Gasteiger partial charge in [0.2, 0.25) is 0 Å². The van der Waals surface area contributed by atoms with Gasteiger partial charge in [0.1, 0.15) is 0 Å². The third kappa shape index (κ3) is 4.01. The Morgan fingerprint density at radius 1 is 1.14 bits per heavy atom. The highest BCUT2D eigenvalue weighted by molar-refractivity contribution is 7.92. The van der Waals surface area contributed by atoms with Crippen LogP contribution in [0.15, 0.2) is 35.6 Å². The maximum atomic E-state index is 12.8. The number of rotatable bonds is 3. The fraction of sp³-hybridized carbons (Fsp3) is 0.556. The van der Waals surface area contributed by atoms with E-state index in [9.17, 15) is 21.6 Å². The summed E-state index contributed by atoms with van der Waals surface area (Å²) in [5, 5.41) is 3.69. The molecule has 1 saturated heterocycles. The second kappa shape index (κ2) is 7.06. The monoisotopic (exact) mass is 416 g/mol. The number of halogens is 3. The molecule has 0 radical (unpaired) electrons. The van der Waals surface area contributed by atoms with Gasteiger partial charge in [-0.2, -0.15) is 18.3 Å². The second-order valence-electron chi connectivity index (χ2n) is 7.89. The van der Waals surface area contributed by atoms with Gasteiger partial charge in [0.15, 0.2) is 20.6 Å². The molecule has 6 nitrogen and oxygen atoms in total. The smallest absolute Gasteiger partial charge is 0.368 e. The molecule has 1 aliphatic rings. The molecule has 3 heterocycles. The number of anilines is 1. The van der Waals surface area contributed by atoms with Gasteiger partial charge in [0, 0.05) is 19.3 Å². The molecule has 2 aromatic heterocycles. The van der Waals surface area contributed by atoms with E-state index in [1.165, 1.54) is 23.1 Å². The van der Waals surface area contributed by atoms with Crippen LogP contribution in [0, 0.1) is 0 Å². The first kappa shape index (κ1) is 20.6. The van der Waals surface area contributed by atoms with Gasteiger partial charge in [-0.15, -0.1) is 0 Å². The summed E-state index contributed by atoms with van der Waals surface area (Å²) in [7, 11) is -3.54. The molecular formula is C18H23F3N4O2S. The highest BCUT2D eigenvalue weighted by atomic mass is 32.2. The number of pyridine rings is 1. The third-order valence-electron chi connectivity index (χ3n) is 4.84. The van der Waals surface area contributed by atoms with Crippen molar-refractivity contribution >= 4 is 15.5 Å². The molecule has 0 amide bonds. The topological polar surface area (TPSA) is 68.1 Å². The lowest BCUT2D eigenvalue weighted by atomic mass is 10.1. The van der Waals surface area contributed by atoms with Crippen LogP contribution in [-0.4, -0.2) is 41.0 Å². The van der Waals surface area contributed by atoms with Crippen molar-refractivity contribution in [3.8, 4) is 0 Å². The molecule has 0 bridgehead atoms. The van der Waals surface area contributed by atoms with E-state index < -0.39 is 26.5 Å². The van der Waals surface area contributed by atoms with Crippen molar-refractivity contribution < 1.29 is 21.6 Å². The quantitative estimate of drug-likeness (QED) is 0.763. The first-order valence-electron chi connectivity index (χ1n) is 8.97. The lowest BCUT2D eigenvalue weighted by Gasteiger charge is -2.34. The largest absolute Gasteiger partial charge is 0.435 e. The molecule has 154 valence electrons. The van der Waals surface area contributed by atoms with E-state index in [1.54, 1.807) is 26.8 Å². The molecule has 0 saturated carbocycles. The van der Waals surface area contributed by atoms with Gasteiger partial charge in [-0.3, -0.25) is 4.68 Å². The Morgan fingerprint density at radius 2 is 1.86 bits per heavy atom. The molecule has 1 unspecified atom stereocenters. The van der Waals surface area contributed by atoms with E-state index in [0.29, 0.717) is 6.54 Å². The van der Waals surface area contributed by atoms with Gasteiger partial charge >= 0.3 is 6.18 Å². The predicted octanol–water partition coefficient (Wildman–Crippen LogP) is 3.71. The standard InChI is InChI=1S/C18H23F3N4O2S/c1-17(2,3)28(26,27)16-7-6-13(11-22-16)24-9-4-5-14(12-24)25-10-8-15(23-25)18(19,20)21/h6-8,10-11,14H,4-5,9,12H2,1-3H3. The van der Waals surface area contributed by atoms with Gasteiger partial charge in [-0.25, -0.2) is 13.4 Å². The van der Waals surface area contributed by atoms with E-state index in [0.717, 1.165) is 31.1 Å². The minimum Gasteiger partial charge on any atom is -0.368 e. The fourth-order valence-corrected chi connectivity index (χ4v) is 4.20. The van der Waals surface area contributed by atoms with Gasteiger partial charge in [0.05, 0.1) is 22.7 Å². The Bertz CT molecular complexity index is 931. The number of alkyl halides is 3. The Morgan fingerprint density at radius 3 is 2.39 bits per heavy atom. The Labute approximate surface area is 162 Å². The molecule has 28 heavy (non-hydrogen) atoms. The van der Waals surface area contributed by atoms with Gasteiger partial charge in [0.25, 0.3) is 0 Å². The predicted molar refractivity (Wildman–Crippen MR) is 98.9 cm³/mol. The average molecular weight is 416 g/mol. The van der Waals surface area contributed by atoms with E-state index in [4.69, 9.17) is 0 Å². The van der Waals surface area contributed by atoms with Gasteiger partial charge < -0.3 is 4.90 Å². The van der Waals surface area contributed by atoms with Crippen molar-refractivity contribution in [3.05, 3.63) is 36.3 Å². The zero-order chi connectivity index (χ0) is 20.7. The number of sulfone groups is 1. The Hall–Kier alpha value is -2.10. The van der Waals surface area contributed by atoms with Crippen LogP contribution >= 0.6 is 0 Å². The number of hydrogen-bond donors (Lipinski definition) is 0. The van der Waals surface area contributed by atoms with Crippen LogP contribution in [0.2, 0.25) is 0 Å². The SMILES string of the molecule is CC(C)(C)S(=O)(=O)c1ccc(N2CCCC(n3ccc(C(F)(F)F)n3)C2)cn1. The Balaban J connectivity index is 1.77. The van der Waals surface area contributed by atoms with Crippen molar-refractivity contribution in [2.75, 3.05) is 18.0 Å². The summed E-state index contributed by atoms with van der Waals surface area (Å²) in [5.74, 6) is 0. The van der Waals surface area contributed by atoms with Crippen molar-refractivity contribution in [1.29, 1.82) is 0 Å². The first-order chi connectivity index (χ1) is 12.9. The zero-order valence-electron chi connectivity index (χ0n) is 15.9. The molecular weight excluding hydrogens is 393 g/mol. The molecule has 0 N–H and O–H groups in total. The van der Waals surface area contributed by atoms with E-state index >= 15 is 0 Å². The summed E-state index contributed by atoms with van der Waals surface area (Å²) in [5.41, 5.74) is -0.163. The number of piperidine rings is 1. The summed E-state index contributed by atoms with van der Waals surface area (Å²) < 4.78 is 63.7. The minimum absolute atomic E-state index is 0.0132. The zero-order valence-corrected chi connectivity index (χ0v) is 16.8. The second-order valence-corrected chi connectivity index (χ2v) is 10.5. The highest BCUT2D eigenvalue weighted by Crippen LogP contribution is 2.31. The summed E-state index contributed by atoms with van der Waals surface area (Å²) >= 11 is 0. The van der Waals surface area contributed by atoms with Crippen LogP contribution in [0.5, 0.6) is 0 Å².